The molecule has 0 spiro atoms. The van der Waals surface area contributed by atoms with Crippen LogP contribution in [0.2, 0.25) is 0 Å². The number of rotatable bonds is 1. The van der Waals surface area contributed by atoms with Crippen molar-refractivity contribution in [1.29, 1.82) is 0 Å². The monoisotopic (exact) mass is 306 g/mol. The molecule has 0 aliphatic heterocycles. The molecule has 0 fully saturated rings. The zero-order chi connectivity index (χ0) is 12.0. The molecule has 2 aromatic heterocycles. The first kappa shape index (κ1) is 11.0. The molecule has 86 valence electrons. The molecule has 2 nitrogen and oxygen atoms in total. The Labute approximate surface area is 112 Å². The van der Waals surface area contributed by atoms with Gasteiger partial charge in [0, 0.05) is 26.8 Å². The number of halogens is 1. The van der Waals surface area contributed by atoms with Crippen molar-refractivity contribution in [1.82, 2.24) is 9.38 Å². The third-order valence-electron chi connectivity index (χ3n) is 2.86. The molecule has 4 heteroatoms. The van der Waals surface area contributed by atoms with Crippen LogP contribution in [0, 0.1) is 13.8 Å². The lowest BCUT2D eigenvalue weighted by Crippen LogP contribution is -1.88. The Morgan fingerprint density at radius 1 is 1.29 bits per heavy atom. The van der Waals surface area contributed by atoms with E-state index in [2.05, 4.69) is 51.7 Å². The topological polar surface area (TPSA) is 17.3 Å². The number of nitrogens with zero attached hydrogens (tertiary/aromatic N) is 2. The molecule has 0 atom stereocenters. The molecule has 2 heterocycles. The summed E-state index contributed by atoms with van der Waals surface area (Å²) in [5.74, 6) is 0. The number of imidazole rings is 1. The van der Waals surface area contributed by atoms with Gasteiger partial charge in [-0.3, -0.25) is 4.40 Å². The van der Waals surface area contributed by atoms with Crippen LogP contribution in [0.4, 0.5) is 0 Å². The largest absolute Gasteiger partial charge is 0.292 e. The second kappa shape index (κ2) is 3.96. The first-order valence-corrected chi connectivity index (χ1v) is 7.03. The van der Waals surface area contributed by atoms with Crippen LogP contribution in [0.15, 0.2) is 34.1 Å². The van der Waals surface area contributed by atoms with Crippen LogP contribution in [0.1, 0.15) is 11.4 Å². The van der Waals surface area contributed by atoms with Crippen LogP contribution >= 0.6 is 27.3 Å². The van der Waals surface area contributed by atoms with Gasteiger partial charge in [-0.05, 0) is 26.0 Å². The lowest BCUT2D eigenvalue weighted by Gasteiger charge is -2.00. The van der Waals surface area contributed by atoms with E-state index in [9.17, 15) is 0 Å². The Morgan fingerprint density at radius 3 is 2.82 bits per heavy atom. The van der Waals surface area contributed by atoms with E-state index in [0.717, 1.165) is 20.7 Å². The number of fused-ring (bicyclic) bond motifs is 1. The number of benzene rings is 1. The van der Waals surface area contributed by atoms with Crippen molar-refractivity contribution >= 4 is 32.2 Å². The molecule has 0 aliphatic rings. The number of hydrogen-bond acceptors (Lipinski definition) is 2. The zero-order valence-electron chi connectivity index (χ0n) is 9.57. The fraction of sp³-hybridized carbons (Fsp3) is 0.154. The van der Waals surface area contributed by atoms with Gasteiger partial charge in [0.1, 0.15) is 0 Å². The number of hydrogen-bond donors (Lipinski definition) is 0. The smallest absolute Gasteiger partial charge is 0.194 e. The first-order valence-electron chi connectivity index (χ1n) is 5.36. The van der Waals surface area contributed by atoms with Crippen LogP contribution < -0.4 is 0 Å². The van der Waals surface area contributed by atoms with Gasteiger partial charge in [-0.2, -0.15) is 0 Å². The van der Waals surface area contributed by atoms with E-state index in [-0.39, 0.29) is 0 Å². The van der Waals surface area contributed by atoms with Gasteiger partial charge in [0.25, 0.3) is 0 Å². The third-order valence-corrected chi connectivity index (χ3v) is 4.30. The van der Waals surface area contributed by atoms with Gasteiger partial charge >= 0.3 is 0 Å². The molecule has 0 aliphatic carbocycles. The second-order valence-electron chi connectivity index (χ2n) is 4.05. The molecule has 0 unspecified atom stereocenters. The minimum absolute atomic E-state index is 1.06. The summed E-state index contributed by atoms with van der Waals surface area (Å²) in [6.07, 6.45) is 0. The first-order chi connectivity index (χ1) is 8.16. The van der Waals surface area contributed by atoms with E-state index in [1.165, 1.54) is 11.4 Å². The Morgan fingerprint density at radius 2 is 2.12 bits per heavy atom. The normalized spacial score (nSPS) is 11.2. The van der Waals surface area contributed by atoms with Crippen molar-refractivity contribution in [2.45, 2.75) is 13.8 Å². The Kier molecular flexibility index (Phi) is 2.56. The van der Waals surface area contributed by atoms with E-state index in [1.54, 1.807) is 11.3 Å². The second-order valence-corrected chi connectivity index (χ2v) is 5.80. The number of thiazole rings is 1. The van der Waals surface area contributed by atoms with Gasteiger partial charge in [-0.1, -0.05) is 28.1 Å². The maximum atomic E-state index is 4.71. The Bertz CT molecular complexity index is 697. The molecular weight excluding hydrogens is 296 g/mol. The molecule has 0 radical (unpaired) electrons. The van der Waals surface area contributed by atoms with Crippen molar-refractivity contribution in [2.24, 2.45) is 0 Å². The van der Waals surface area contributed by atoms with E-state index in [0.29, 0.717) is 0 Å². The minimum atomic E-state index is 1.06. The summed E-state index contributed by atoms with van der Waals surface area (Å²) in [5.41, 5.74) is 4.68. The maximum Gasteiger partial charge on any atom is 0.194 e. The summed E-state index contributed by atoms with van der Waals surface area (Å²) in [5, 5.41) is 2.14. The fourth-order valence-electron chi connectivity index (χ4n) is 2.07. The van der Waals surface area contributed by atoms with Crippen LogP contribution in [-0.2, 0) is 0 Å². The van der Waals surface area contributed by atoms with Crippen molar-refractivity contribution in [3.63, 3.8) is 0 Å². The number of aryl methyl sites for hydroxylation is 2. The highest BCUT2D eigenvalue weighted by atomic mass is 79.9. The molecule has 0 N–H and O–H groups in total. The summed E-state index contributed by atoms with van der Waals surface area (Å²) in [7, 11) is 0. The molecule has 3 aromatic rings. The zero-order valence-corrected chi connectivity index (χ0v) is 12.0. The molecule has 0 amide bonds. The van der Waals surface area contributed by atoms with Gasteiger partial charge in [0.2, 0.25) is 0 Å². The molecular formula is C13H11BrN2S. The predicted molar refractivity (Wildman–Crippen MR) is 75.7 cm³/mol. The molecule has 0 saturated heterocycles. The lowest BCUT2D eigenvalue weighted by atomic mass is 10.1. The van der Waals surface area contributed by atoms with E-state index in [4.69, 9.17) is 4.98 Å². The molecule has 0 saturated carbocycles. The average molecular weight is 307 g/mol. The molecule has 17 heavy (non-hydrogen) atoms. The van der Waals surface area contributed by atoms with Crippen LogP contribution in [0.5, 0.6) is 0 Å². The van der Waals surface area contributed by atoms with Gasteiger partial charge in [-0.25, -0.2) is 4.98 Å². The number of aromatic nitrogens is 2. The highest BCUT2D eigenvalue weighted by Gasteiger charge is 2.12. The third kappa shape index (κ3) is 1.72. The summed E-state index contributed by atoms with van der Waals surface area (Å²) >= 11 is 5.19. The van der Waals surface area contributed by atoms with Gasteiger partial charge in [-0.15, -0.1) is 11.3 Å². The van der Waals surface area contributed by atoms with E-state index < -0.39 is 0 Å². The van der Waals surface area contributed by atoms with Crippen molar-refractivity contribution in [3.8, 4) is 11.3 Å². The van der Waals surface area contributed by atoms with Gasteiger partial charge in [0.15, 0.2) is 4.96 Å². The van der Waals surface area contributed by atoms with Crippen LogP contribution in [0.3, 0.4) is 0 Å². The maximum absolute atomic E-state index is 4.71. The SMILES string of the molecule is Cc1csc2nc(-c3cccc(Br)c3)c(C)n12. The van der Waals surface area contributed by atoms with E-state index in [1.807, 2.05) is 12.1 Å². The van der Waals surface area contributed by atoms with Crippen molar-refractivity contribution < 1.29 is 0 Å². The average Bonchev–Trinajstić information content (AvgIpc) is 2.81. The standard InChI is InChI=1S/C13H11BrN2S/c1-8-7-17-13-15-12(9(2)16(8)13)10-4-3-5-11(14)6-10/h3-7H,1-2H3. The van der Waals surface area contributed by atoms with E-state index >= 15 is 0 Å². The fourth-order valence-corrected chi connectivity index (χ4v) is 3.38. The Hall–Kier alpha value is -1.13. The highest BCUT2D eigenvalue weighted by Crippen LogP contribution is 2.29. The molecule has 3 rings (SSSR count). The van der Waals surface area contributed by atoms with Crippen LogP contribution in [0.25, 0.3) is 16.2 Å². The summed E-state index contributed by atoms with van der Waals surface area (Å²) in [6, 6.07) is 8.27. The highest BCUT2D eigenvalue weighted by molar-refractivity contribution is 9.10. The van der Waals surface area contributed by atoms with Crippen molar-refractivity contribution in [2.75, 3.05) is 0 Å². The summed E-state index contributed by atoms with van der Waals surface area (Å²) in [6.45, 7) is 4.23. The minimum Gasteiger partial charge on any atom is -0.292 e. The predicted octanol–water partition coefficient (Wildman–Crippen LogP) is 4.44. The van der Waals surface area contributed by atoms with Crippen molar-refractivity contribution in [3.05, 3.63) is 45.5 Å². The van der Waals surface area contributed by atoms with Gasteiger partial charge < -0.3 is 0 Å². The molecule has 1 aromatic carbocycles. The molecule has 0 bridgehead atoms. The lowest BCUT2D eigenvalue weighted by molar-refractivity contribution is 1.07. The van der Waals surface area contributed by atoms with Gasteiger partial charge in [0.05, 0.1) is 5.69 Å². The Balaban J connectivity index is 2.27. The quantitative estimate of drug-likeness (QED) is 0.649. The van der Waals surface area contributed by atoms with Crippen LogP contribution in [-0.4, -0.2) is 9.38 Å². The summed E-state index contributed by atoms with van der Waals surface area (Å²) in [4.78, 5) is 5.77. The summed E-state index contributed by atoms with van der Waals surface area (Å²) < 4.78 is 3.29.